The molecule has 1 spiro atoms. The second-order valence-electron chi connectivity index (χ2n) is 14.5. The molecule has 0 unspecified atom stereocenters. The smallest absolute Gasteiger partial charge is 0.302 e. The van der Waals surface area contributed by atoms with Crippen molar-refractivity contribution >= 4 is 21.9 Å². The lowest BCUT2D eigenvalue weighted by Gasteiger charge is -2.62. The first-order valence-corrected chi connectivity index (χ1v) is 16.9. The fourth-order valence-electron chi connectivity index (χ4n) is 10.8. The molecule has 220 valence electrons. The Hall–Kier alpha value is -1.03. The van der Waals surface area contributed by atoms with Gasteiger partial charge in [0.25, 0.3) is 10.1 Å². The van der Waals surface area contributed by atoms with Crippen molar-refractivity contribution in [2.24, 2.45) is 52.3 Å². The highest BCUT2D eigenvalue weighted by molar-refractivity contribution is 7.86. The molecule has 0 N–H and O–H groups in total. The fraction of sp³-hybridized carbons (Fsp3) is 0.933. The minimum absolute atomic E-state index is 0.0456. The molecule has 0 bridgehead atoms. The molecule has 2 heterocycles. The molecule has 9 heteroatoms. The monoisotopic (exact) mass is 566 g/mol. The molecule has 4 saturated carbocycles. The minimum Gasteiger partial charge on any atom is -0.462 e. The van der Waals surface area contributed by atoms with Crippen molar-refractivity contribution in [3.8, 4) is 0 Å². The molecule has 39 heavy (non-hydrogen) atoms. The summed E-state index contributed by atoms with van der Waals surface area (Å²) in [5.41, 5.74) is -0.253. The second kappa shape index (κ2) is 9.23. The number of ketones is 1. The van der Waals surface area contributed by atoms with Crippen LogP contribution in [0.3, 0.4) is 0 Å². The number of carbonyl (C=O) groups excluding carboxylic acids is 2. The standard InChI is InChI=1S/C30H46O8S/c1-16-11-25(32)30(35-15-16)17(2)27-24(37-30)13-23-21-8-7-19-12-20(38-39(6,33)34)9-10-28(19,4)22(21)14-26(29(23,27)5)36-18(3)31/h16-17,19-24,26-27H,7-15H2,1-6H3/t16-,17+,19+,20+,21-,22+,23+,24+,26-,27+,28+,29-,30+/m1/s1. The maximum Gasteiger partial charge on any atom is 0.302 e. The van der Waals surface area contributed by atoms with E-state index in [-0.39, 0.29) is 58.6 Å². The zero-order chi connectivity index (χ0) is 28.1. The molecular formula is C30H46O8S. The highest BCUT2D eigenvalue weighted by atomic mass is 32.2. The van der Waals surface area contributed by atoms with Crippen molar-refractivity contribution < 1.29 is 36.4 Å². The van der Waals surface area contributed by atoms with Gasteiger partial charge in [0.05, 0.1) is 25.1 Å². The molecule has 6 rings (SSSR count). The fourth-order valence-corrected chi connectivity index (χ4v) is 11.5. The van der Waals surface area contributed by atoms with Gasteiger partial charge in [-0.3, -0.25) is 13.8 Å². The average Bonchev–Trinajstić information content (AvgIpc) is 3.28. The van der Waals surface area contributed by atoms with E-state index in [9.17, 15) is 18.0 Å². The number of Topliss-reactive ketones (excluding diaryl/α,β-unsaturated/α-hetero) is 1. The zero-order valence-corrected chi connectivity index (χ0v) is 25.1. The van der Waals surface area contributed by atoms with Gasteiger partial charge in [-0.25, -0.2) is 0 Å². The van der Waals surface area contributed by atoms with Crippen LogP contribution in [-0.2, 0) is 38.1 Å². The summed E-state index contributed by atoms with van der Waals surface area (Å²) in [6.07, 6.45) is 7.23. The third kappa shape index (κ3) is 4.18. The molecule has 13 atom stereocenters. The van der Waals surface area contributed by atoms with Crippen LogP contribution in [0.25, 0.3) is 0 Å². The van der Waals surface area contributed by atoms with Crippen molar-refractivity contribution in [3.63, 3.8) is 0 Å². The molecule has 6 aliphatic rings. The van der Waals surface area contributed by atoms with Crippen molar-refractivity contribution in [1.29, 1.82) is 0 Å². The summed E-state index contributed by atoms with van der Waals surface area (Å²) in [5, 5.41) is 0. The van der Waals surface area contributed by atoms with Gasteiger partial charge in [-0.05, 0) is 80.0 Å². The lowest BCUT2D eigenvalue weighted by atomic mass is 9.43. The Balaban J connectivity index is 1.31. The van der Waals surface area contributed by atoms with Crippen LogP contribution in [0.4, 0.5) is 0 Å². The molecule has 6 fully saturated rings. The zero-order valence-electron chi connectivity index (χ0n) is 24.3. The Kier molecular flexibility index (Phi) is 6.66. The number of rotatable bonds is 3. The SMILES string of the molecule is CC(=O)O[C@@H]1C[C@H]2[C@@H](CC[C@H]3C[C@@H](OS(C)(=O)=O)CC[C@@]32C)[C@@H]2C[C@@H]3O[C@@]4(OC[C@H](C)CC4=O)[C@@H](C)[C@@H]3[C@@]12C. The van der Waals surface area contributed by atoms with Crippen LogP contribution in [0.1, 0.15) is 86.0 Å². The van der Waals surface area contributed by atoms with E-state index in [4.69, 9.17) is 18.4 Å². The van der Waals surface area contributed by atoms with E-state index in [0.717, 1.165) is 51.2 Å². The average molecular weight is 567 g/mol. The van der Waals surface area contributed by atoms with Crippen LogP contribution < -0.4 is 0 Å². The van der Waals surface area contributed by atoms with E-state index >= 15 is 0 Å². The van der Waals surface area contributed by atoms with Gasteiger partial charge in [-0.2, -0.15) is 8.42 Å². The van der Waals surface area contributed by atoms with E-state index in [0.29, 0.717) is 36.7 Å². The van der Waals surface area contributed by atoms with Gasteiger partial charge < -0.3 is 14.2 Å². The van der Waals surface area contributed by atoms with E-state index in [1.807, 2.05) is 6.92 Å². The third-order valence-corrected chi connectivity index (χ3v) is 13.0. The van der Waals surface area contributed by atoms with Crippen LogP contribution in [0.2, 0.25) is 0 Å². The third-order valence-electron chi connectivity index (χ3n) is 12.4. The van der Waals surface area contributed by atoms with Crippen molar-refractivity contribution in [3.05, 3.63) is 0 Å². The minimum atomic E-state index is -3.49. The summed E-state index contributed by atoms with van der Waals surface area (Å²) in [7, 11) is -3.49. The predicted octanol–water partition coefficient (Wildman–Crippen LogP) is 4.50. The molecular weight excluding hydrogens is 520 g/mol. The summed E-state index contributed by atoms with van der Waals surface area (Å²) in [5.74, 6) is 0.372. The summed E-state index contributed by atoms with van der Waals surface area (Å²) in [6.45, 7) is 10.9. The summed E-state index contributed by atoms with van der Waals surface area (Å²) in [4.78, 5) is 25.8. The molecule has 0 aromatic carbocycles. The van der Waals surface area contributed by atoms with Gasteiger partial charge in [-0.15, -0.1) is 0 Å². The van der Waals surface area contributed by atoms with Crippen molar-refractivity contribution in [1.82, 2.24) is 0 Å². The molecule has 0 aromatic rings. The molecule has 0 amide bonds. The lowest BCUT2D eigenvalue weighted by Crippen LogP contribution is -2.61. The van der Waals surface area contributed by atoms with Crippen LogP contribution in [-0.4, -0.2) is 57.1 Å². The van der Waals surface area contributed by atoms with Crippen LogP contribution in [0, 0.1) is 52.3 Å². The Labute approximate surface area is 233 Å². The Morgan fingerprint density at radius 2 is 1.79 bits per heavy atom. The molecule has 8 nitrogen and oxygen atoms in total. The van der Waals surface area contributed by atoms with Gasteiger partial charge in [0.2, 0.25) is 5.79 Å². The topological polar surface area (TPSA) is 105 Å². The van der Waals surface area contributed by atoms with Crippen LogP contribution in [0.15, 0.2) is 0 Å². The largest absolute Gasteiger partial charge is 0.462 e. The summed E-state index contributed by atoms with van der Waals surface area (Å²) >= 11 is 0. The van der Waals surface area contributed by atoms with Gasteiger partial charge in [-0.1, -0.05) is 27.7 Å². The summed E-state index contributed by atoms with van der Waals surface area (Å²) in [6, 6.07) is 0. The maximum absolute atomic E-state index is 13.4. The number of esters is 1. The first-order chi connectivity index (χ1) is 18.2. The predicted molar refractivity (Wildman–Crippen MR) is 143 cm³/mol. The van der Waals surface area contributed by atoms with E-state index in [1.165, 1.54) is 6.92 Å². The number of fused-ring (bicyclic) bond motifs is 7. The number of hydrogen-bond acceptors (Lipinski definition) is 8. The van der Waals surface area contributed by atoms with E-state index < -0.39 is 15.9 Å². The van der Waals surface area contributed by atoms with E-state index in [1.54, 1.807) is 0 Å². The van der Waals surface area contributed by atoms with Crippen molar-refractivity contribution in [2.45, 2.75) is 110 Å². The summed E-state index contributed by atoms with van der Waals surface area (Å²) < 4.78 is 48.3. The molecule has 2 saturated heterocycles. The Bertz CT molecular complexity index is 1140. The second-order valence-corrected chi connectivity index (χ2v) is 16.1. The van der Waals surface area contributed by atoms with E-state index in [2.05, 4.69) is 20.8 Å². The molecule has 4 aliphatic carbocycles. The molecule has 0 radical (unpaired) electrons. The van der Waals surface area contributed by atoms with Crippen molar-refractivity contribution in [2.75, 3.05) is 12.9 Å². The van der Waals surface area contributed by atoms with Gasteiger partial charge in [0.15, 0.2) is 5.78 Å². The normalized spacial score (nSPS) is 53.0. The first kappa shape index (κ1) is 28.1. The highest BCUT2D eigenvalue weighted by Gasteiger charge is 2.73. The van der Waals surface area contributed by atoms with Gasteiger partial charge >= 0.3 is 5.97 Å². The van der Waals surface area contributed by atoms with Gasteiger partial charge in [0, 0.05) is 30.6 Å². The Morgan fingerprint density at radius 1 is 1.05 bits per heavy atom. The quantitative estimate of drug-likeness (QED) is 0.363. The molecule has 2 aliphatic heterocycles. The van der Waals surface area contributed by atoms with Crippen LogP contribution >= 0.6 is 0 Å². The van der Waals surface area contributed by atoms with Gasteiger partial charge in [0.1, 0.15) is 6.10 Å². The lowest BCUT2D eigenvalue weighted by molar-refractivity contribution is -0.254. The first-order valence-electron chi connectivity index (χ1n) is 15.1. The number of ether oxygens (including phenoxy) is 3. The Morgan fingerprint density at radius 3 is 2.46 bits per heavy atom. The maximum atomic E-state index is 13.4. The van der Waals surface area contributed by atoms with Crippen LogP contribution in [0.5, 0.6) is 0 Å². The molecule has 0 aromatic heterocycles. The number of hydrogen-bond donors (Lipinski definition) is 0. The highest BCUT2D eigenvalue weighted by Crippen LogP contribution is 2.71. The number of carbonyl (C=O) groups is 2.